The first-order valence-corrected chi connectivity index (χ1v) is 3.67. The first kappa shape index (κ1) is 8.54. The Kier molecular flexibility index (Phi) is 1.84. The van der Waals surface area contributed by atoms with Crippen LogP contribution >= 0.6 is 0 Å². The van der Waals surface area contributed by atoms with Gasteiger partial charge in [-0.15, -0.1) is 5.10 Å². The van der Waals surface area contributed by atoms with E-state index >= 15 is 0 Å². The molecule has 0 spiro atoms. The fraction of sp³-hybridized carbons (Fsp3) is 0. The Morgan fingerprint density at radius 2 is 2.07 bits per heavy atom. The highest BCUT2D eigenvalue weighted by molar-refractivity contribution is 5.57. The van der Waals surface area contributed by atoms with Gasteiger partial charge in [0.15, 0.2) is 11.6 Å². The van der Waals surface area contributed by atoms with E-state index in [1.165, 1.54) is 6.07 Å². The molecule has 0 unspecified atom stereocenters. The summed E-state index contributed by atoms with van der Waals surface area (Å²) in [5.74, 6) is -2.07. The van der Waals surface area contributed by atoms with Crippen LogP contribution in [0.15, 0.2) is 18.5 Å². The third-order valence-corrected chi connectivity index (χ3v) is 1.68. The van der Waals surface area contributed by atoms with Gasteiger partial charge in [-0.2, -0.15) is 4.68 Å². The van der Waals surface area contributed by atoms with Gasteiger partial charge in [0.1, 0.15) is 12.0 Å². The van der Waals surface area contributed by atoms with Gasteiger partial charge in [0.25, 0.3) is 0 Å². The lowest BCUT2D eigenvalue weighted by molar-refractivity contribution is 0.501. The largest absolute Gasteiger partial charge is 0.397 e. The number of hydrogen-bond donors (Lipinski definition) is 1. The number of halogens is 2. The Hall–Kier alpha value is -2.05. The molecule has 14 heavy (non-hydrogen) atoms. The lowest BCUT2D eigenvalue weighted by Crippen LogP contribution is -2.05. The van der Waals surface area contributed by atoms with E-state index in [4.69, 9.17) is 5.73 Å². The average molecular weight is 197 g/mol. The number of nitrogens with zero attached hydrogens (tertiary/aromatic N) is 4. The van der Waals surface area contributed by atoms with Gasteiger partial charge in [-0.1, -0.05) is 0 Å². The van der Waals surface area contributed by atoms with Crippen LogP contribution in [0.25, 0.3) is 5.69 Å². The van der Waals surface area contributed by atoms with Gasteiger partial charge in [-0.25, -0.2) is 8.78 Å². The summed E-state index contributed by atoms with van der Waals surface area (Å²) >= 11 is 0. The zero-order chi connectivity index (χ0) is 10.1. The zero-order valence-electron chi connectivity index (χ0n) is 6.85. The summed E-state index contributed by atoms with van der Waals surface area (Å²) in [6.07, 6.45) is 1.13. The quantitative estimate of drug-likeness (QED) is 0.676. The smallest absolute Gasteiger partial charge is 0.186 e. The second kappa shape index (κ2) is 3.02. The highest BCUT2D eigenvalue weighted by Gasteiger charge is 2.14. The summed E-state index contributed by atoms with van der Waals surface area (Å²) in [5.41, 5.74) is 5.34. The molecule has 1 aromatic heterocycles. The van der Waals surface area contributed by atoms with Gasteiger partial charge < -0.3 is 5.73 Å². The summed E-state index contributed by atoms with van der Waals surface area (Å²) in [5, 5.41) is 10.0. The second-order valence-electron chi connectivity index (χ2n) is 2.55. The van der Waals surface area contributed by atoms with Gasteiger partial charge in [-0.05, 0) is 22.6 Å². The predicted octanol–water partition coefficient (Wildman–Crippen LogP) is 0.523. The fourth-order valence-corrected chi connectivity index (χ4v) is 1.05. The van der Waals surface area contributed by atoms with Crippen LogP contribution < -0.4 is 5.73 Å². The molecule has 0 atom stereocenters. The normalized spacial score (nSPS) is 10.4. The molecule has 2 aromatic rings. The van der Waals surface area contributed by atoms with Gasteiger partial charge in [-0.3, -0.25) is 0 Å². The van der Waals surface area contributed by atoms with Crippen molar-refractivity contribution in [2.75, 3.05) is 5.73 Å². The van der Waals surface area contributed by atoms with Crippen LogP contribution in [0.2, 0.25) is 0 Å². The van der Waals surface area contributed by atoms with E-state index in [2.05, 4.69) is 15.5 Å². The number of nitrogen functional groups attached to an aromatic ring is 1. The molecular weight excluding hydrogens is 192 g/mol. The minimum atomic E-state index is -1.07. The minimum Gasteiger partial charge on any atom is -0.397 e. The molecule has 0 aliphatic heterocycles. The highest BCUT2D eigenvalue weighted by Crippen LogP contribution is 2.21. The van der Waals surface area contributed by atoms with E-state index in [0.717, 1.165) is 17.1 Å². The van der Waals surface area contributed by atoms with Crippen molar-refractivity contribution in [1.29, 1.82) is 0 Å². The molecule has 2 rings (SSSR count). The van der Waals surface area contributed by atoms with Gasteiger partial charge in [0.2, 0.25) is 0 Å². The van der Waals surface area contributed by atoms with Crippen molar-refractivity contribution < 1.29 is 8.78 Å². The van der Waals surface area contributed by atoms with Crippen LogP contribution in [0, 0.1) is 11.6 Å². The predicted molar refractivity (Wildman–Crippen MR) is 43.5 cm³/mol. The SMILES string of the molecule is Nc1ccc(F)c(F)c1-n1cnnn1. The Morgan fingerprint density at radius 1 is 1.29 bits per heavy atom. The van der Waals surface area contributed by atoms with E-state index < -0.39 is 11.6 Å². The van der Waals surface area contributed by atoms with Crippen molar-refractivity contribution in [2.45, 2.75) is 0 Å². The van der Waals surface area contributed by atoms with Crippen molar-refractivity contribution >= 4 is 5.69 Å². The number of benzene rings is 1. The standard InChI is InChI=1S/C7H5F2N5/c8-4-1-2-5(10)7(6(4)9)14-3-11-12-13-14/h1-3H,10H2. The number of aromatic nitrogens is 4. The number of tetrazole rings is 1. The van der Waals surface area contributed by atoms with Crippen molar-refractivity contribution in [3.8, 4) is 5.69 Å². The lowest BCUT2D eigenvalue weighted by atomic mass is 10.2. The monoisotopic (exact) mass is 197 g/mol. The maximum absolute atomic E-state index is 13.3. The number of rotatable bonds is 1. The molecule has 5 nitrogen and oxygen atoms in total. The molecule has 0 saturated heterocycles. The topological polar surface area (TPSA) is 69.6 Å². The fourth-order valence-electron chi connectivity index (χ4n) is 1.05. The molecule has 0 aliphatic carbocycles. The molecule has 0 saturated carbocycles. The molecule has 0 bridgehead atoms. The lowest BCUT2D eigenvalue weighted by Gasteiger charge is -2.05. The molecule has 2 N–H and O–H groups in total. The Labute approximate surface area is 77.1 Å². The Balaban J connectivity index is 2.69. The molecule has 1 aromatic carbocycles. The molecule has 72 valence electrons. The first-order chi connectivity index (χ1) is 6.70. The zero-order valence-corrected chi connectivity index (χ0v) is 6.85. The van der Waals surface area contributed by atoms with Crippen LogP contribution in [0.4, 0.5) is 14.5 Å². The van der Waals surface area contributed by atoms with Crippen molar-refractivity contribution in [3.63, 3.8) is 0 Å². The van der Waals surface area contributed by atoms with Crippen LogP contribution in [0.3, 0.4) is 0 Å². The summed E-state index contributed by atoms with van der Waals surface area (Å²) < 4.78 is 27.1. The third-order valence-electron chi connectivity index (χ3n) is 1.68. The second-order valence-corrected chi connectivity index (χ2v) is 2.55. The summed E-state index contributed by atoms with van der Waals surface area (Å²) in [7, 11) is 0. The van der Waals surface area contributed by atoms with Gasteiger partial charge in [0, 0.05) is 0 Å². The minimum absolute atomic E-state index is 0.0659. The number of hydrogen-bond acceptors (Lipinski definition) is 4. The summed E-state index contributed by atoms with van der Waals surface area (Å²) in [6, 6.07) is 2.19. The molecule has 1 heterocycles. The van der Waals surface area contributed by atoms with Crippen molar-refractivity contribution in [3.05, 3.63) is 30.1 Å². The number of anilines is 1. The van der Waals surface area contributed by atoms with Crippen LogP contribution in [0.1, 0.15) is 0 Å². The molecule has 0 aliphatic rings. The van der Waals surface area contributed by atoms with Gasteiger partial charge in [0.05, 0.1) is 5.69 Å². The third kappa shape index (κ3) is 1.18. The van der Waals surface area contributed by atoms with Crippen LogP contribution in [-0.2, 0) is 0 Å². The van der Waals surface area contributed by atoms with Crippen molar-refractivity contribution in [1.82, 2.24) is 20.2 Å². The van der Waals surface area contributed by atoms with Crippen LogP contribution in [0.5, 0.6) is 0 Å². The van der Waals surface area contributed by atoms with E-state index in [-0.39, 0.29) is 11.4 Å². The first-order valence-electron chi connectivity index (χ1n) is 3.67. The molecule has 7 heteroatoms. The highest BCUT2D eigenvalue weighted by atomic mass is 19.2. The van der Waals surface area contributed by atoms with E-state index in [1.807, 2.05) is 0 Å². The summed E-state index contributed by atoms with van der Waals surface area (Å²) in [6.45, 7) is 0. The average Bonchev–Trinajstić information content (AvgIpc) is 2.65. The van der Waals surface area contributed by atoms with Crippen LogP contribution in [-0.4, -0.2) is 20.2 Å². The van der Waals surface area contributed by atoms with Crippen molar-refractivity contribution in [2.24, 2.45) is 0 Å². The maximum Gasteiger partial charge on any atom is 0.186 e. The molecule has 0 fully saturated rings. The van der Waals surface area contributed by atoms with E-state index in [1.54, 1.807) is 0 Å². The van der Waals surface area contributed by atoms with Gasteiger partial charge >= 0.3 is 0 Å². The Bertz CT molecular complexity index is 453. The summed E-state index contributed by atoms with van der Waals surface area (Å²) in [4.78, 5) is 0. The molecular formula is C7H5F2N5. The number of nitrogens with two attached hydrogens (primary N) is 1. The Morgan fingerprint density at radius 3 is 2.71 bits per heavy atom. The van der Waals surface area contributed by atoms with E-state index in [0.29, 0.717) is 0 Å². The van der Waals surface area contributed by atoms with E-state index in [9.17, 15) is 8.78 Å². The molecule has 0 radical (unpaired) electrons. The molecule has 0 amide bonds. The maximum atomic E-state index is 13.3.